The largest absolute Gasteiger partial charge is 0.294 e. The number of piperidine rings is 1. The summed E-state index contributed by atoms with van der Waals surface area (Å²) in [5, 5.41) is 3.09. The van der Waals surface area contributed by atoms with Crippen molar-refractivity contribution in [3.63, 3.8) is 0 Å². The van der Waals surface area contributed by atoms with Crippen LogP contribution in [-0.4, -0.2) is 37.9 Å². The molecule has 1 atom stereocenters. The lowest BCUT2D eigenvalue weighted by Crippen LogP contribution is -2.35. The molecule has 1 aliphatic heterocycles. The molecule has 2 aromatic heterocycles. The van der Waals surface area contributed by atoms with Crippen molar-refractivity contribution in [2.24, 2.45) is 0 Å². The van der Waals surface area contributed by atoms with Gasteiger partial charge in [0.05, 0.1) is 11.7 Å². The molecule has 27 heavy (non-hydrogen) atoms. The number of hydrogen-bond acceptors (Lipinski definition) is 6. The van der Waals surface area contributed by atoms with Gasteiger partial charge >= 0.3 is 0 Å². The summed E-state index contributed by atoms with van der Waals surface area (Å²) in [5.41, 5.74) is 2.45. The minimum Gasteiger partial charge on any atom is -0.294 e. The van der Waals surface area contributed by atoms with Crippen molar-refractivity contribution in [1.29, 1.82) is 0 Å². The predicted molar refractivity (Wildman–Crippen MR) is 106 cm³/mol. The maximum Gasteiger partial charge on any atom is 0.229 e. The number of nitrogens with zero attached hydrogens (tertiary/aromatic N) is 5. The molecule has 1 aliphatic rings. The molecule has 0 amide bonds. The molecule has 0 spiro atoms. The van der Waals surface area contributed by atoms with Crippen LogP contribution in [0.25, 0.3) is 0 Å². The standard InChI is InChI=1S/C21H24N6/c1-2-7-17(8-3-1)11-16-27-15-5-4-9-19(27)18-10-14-24-21(25-18)26-20-22-12-6-13-23-20/h1-3,6-8,10,12-14,19H,4-5,9,11,15-16H2,(H,22,23,24,25,26). The summed E-state index contributed by atoms with van der Waals surface area (Å²) in [6.07, 6.45) is 9.90. The van der Waals surface area contributed by atoms with Gasteiger partial charge in [-0.3, -0.25) is 10.2 Å². The Morgan fingerprint density at radius 3 is 2.56 bits per heavy atom. The first-order valence-electron chi connectivity index (χ1n) is 9.53. The van der Waals surface area contributed by atoms with E-state index in [0.717, 1.165) is 31.6 Å². The molecule has 3 heterocycles. The number of aromatic nitrogens is 4. The third-order valence-corrected chi connectivity index (χ3v) is 4.95. The van der Waals surface area contributed by atoms with E-state index in [4.69, 9.17) is 4.98 Å². The van der Waals surface area contributed by atoms with Gasteiger partial charge in [-0.15, -0.1) is 0 Å². The number of nitrogens with one attached hydrogen (secondary N) is 1. The predicted octanol–water partition coefficient (Wildman–Crippen LogP) is 3.78. The van der Waals surface area contributed by atoms with Gasteiger partial charge in [-0.1, -0.05) is 36.8 Å². The highest BCUT2D eigenvalue weighted by molar-refractivity contribution is 5.41. The SMILES string of the molecule is c1ccc(CCN2CCCCC2c2ccnc(Nc3ncccn3)n2)cc1. The van der Waals surface area contributed by atoms with Crippen LogP contribution in [0.4, 0.5) is 11.9 Å². The minimum absolute atomic E-state index is 0.336. The van der Waals surface area contributed by atoms with Crippen molar-refractivity contribution < 1.29 is 0 Å². The van der Waals surface area contributed by atoms with E-state index in [1.807, 2.05) is 12.3 Å². The molecule has 0 radical (unpaired) electrons. The molecule has 1 fully saturated rings. The Balaban J connectivity index is 1.47. The summed E-state index contributed by atoms with van der Waals surface area (Å²) in [6.45, 7) is 2.16. The van der Waals surface area contributed by atoms with E-state index < -0.39 is 0 Å². The smallest absolute Gasteiger partial charge is 0.229 e. The van der Waals surface area contributed by atoms with Crippen molar-refractivity contribution in [3.05, 3.63) is 72.3 Å². The average molecular weight is 360 g/mol. The molecular weight excluding hydrogens is 336 g/mol. The fraction of sp³-hybridized carbons (Fsp3) is 0.333. The fourth-order valence-corrected chi connectivity index (χ4v) is 3.59. The third-order valence-electron chi connectivity index (χ3n) is 4.95. The summed E-state index contributed by atoms with van der Waals surface area (Å²) in [5.74, 6) is 1.06. The summed E-state index contributed by atoms with van der Waals surface area (Å²) in [6, 6.07) is 14.8. The fourth-order valence-electron chi connectivity index (χ4n) is 3.59. The molecule has 1 N–H and O–H groups in total. The van der Waals surface area contributed by atoms with Gasteiger partial charge in [0.15, 0.2) is 0 Å². The monoisotopic (exact) mass is 360 g/mol. The van der Waals surface area contributed by atoms with Crippen LogP contribution in [-0.2, 0) is 6.42 Å². The van der Waals surface area contributed by atoms with Crippen molar-refractivity contribution >= 4 is 11.9 Å². The molecule has 138 valence electrons. The molecule has 0 bridgehead atoms. The number of likely N-dealkylation sites (tertiary alicyclic amines) is 1. The molecule has 1 unspecified atom stereocenters. The highest BCUT2D eigenvalue weighted by atomic mass is 15.2. The van der Waals surface area contributed by atoms with Crippen LogP contribution in [0.1, 0.15) is 36.6 Å². The van der Waals surface area contributed by atoms with Crippen molar-refractivity contribution in [1.82, 2.24) is 24.8 Å². The Kier molecular flexibility index (Phi) is 5.64. The van der Waals surface area contributed by atoms with Crippen LogP contribution >= 0.6 is 0 Å². The van der Waals surface area contributed by atoms with E-state index in [1.54, 1.807) is 18.5 Å². The molecule has 6 heteroatoms. The van der Waals surface area contributed by atoms with Gasteiger partial charge in [0.25, 0.3) is 0 Å². The lowest BCUT2D eigenvalue weighted by Gasteiger charge is -2.35. The van der Waals surface area contributed by atoms with E-state index >= 15 is 0 Å². The molecule has 4 rings (SSSR count). The Morgan fingerprint density at radius 2 is 1.70 bits per heavy atom. The molecule has 1 saturated heterocycles. The second-order valence-electron chi connectivity index (χ2n) is 6.79. The van der Waals surface area contributed by atoms with E-state index in [2.05, 4.69) is 55.5 Å². The molecule has 6 nitrogen and oxygen atoms in total. The molecule has 0 aliphatic carbocycles. The van der Waals surface area contributed by atoms with E-state index in [1.165, 1.54) is 18.4 Å². The quantitative estimate of drug-likeness (QED) is 0.722. The van der Waals surface area contributed by atoms with Crippen molar-refractivity contribution in [3.8, 4) is 0 Å². The maximum atomic E-state index is 4.75. The molecule has 3 aromatic rings. The summed E-state index contributed by atoms with van der Waals surface area (Å²) >= 11 is 0. The van der Waals surface area contributed by atoms with Gasteiger partial charge in [-0.05, 0) is 43.5 Å². The average Bonchev–Trinajstić information content (AvgIpc) is 2.74. The van der Waals surface area contributed by atoms with Gasteiger partial charge in [0, 0.05) is 25.1 Å². The molecule has 1 aromatic carbocycles. The number of hydrogen-bond donors (Lipinski definition) is 1. The zero-order valence-corrected chi connectivity index (χ0v) is 15.3. The second kappa shape index (κ2) is 8.68. The first-order valence-corrected chi connectivity index (χ1v) is 9.53. The van der Waals surface area contributed by atoms with Gasteiger partial charge in [-0.25, -0.2) is 19.9 Å². The van der Waals surface area contributed by atoms with Crippen LogP contribution < -0.4 is 5.32 Å². The zero-order valence-electron chi connectivity index (χ0n) is 15.3. The van der Waals surface area contributed by atoms with Gasteiger partial charge in [-0.2, -0.15) is 0 Å². The lowest BCUT2D eigenvalue weighted by molar-refractivity contribution is 0.147. The van der Waals surface area contributed by atoms with Gasteiger partial charge < -0.3 is 0 Å². The first-order chi connectivity index (χ1) is 13.4. The summed E-state index contributed by atoms with van der Waals surface area (Å²) in [7, 11) is 0. The van der Waals surface area contributed by atoms with Crippen LogP contribution in [0.5, 0.6) is 0 Å². The minimum atomic E-state index is 0.336. The highest BCUT2D eigenvalue weighted by Crippen LogP contribution is 2.30. The van der Waals surface area contributed by atoms with Gasteiger partial charge in [0.2, 0.25) is 11.9 Å². The van der Waals surface area contributed by atoms with Crippen molar-refractivity contribution in [2.75, 3.05) is 18.4 Å². The van der Waals surface area contributed by atoms with E-state index in [0.29, 0.717) is 17.9 Å². The first kappa shape index (κ1) is 17.5. The van der Waals surface area contributed by atoms with E-state index in [9.17, 15) is 0 Å². The zero-order chi connectivity index (χ0) is 18.3. The van der Waals surface area contributed by atoms with Crippen LogP contribution in [0.2, 0.25) is 0 Å². The summed E-state index contributed by atoms with van der Waals surface area (Å²) < 4.78 is 0. The maximum absolute atomic E-state index is 4.75. The highest BCUT2D eigenvalue weighted by Gasteiger charge is 2.25. The normalized spacial score (nSPS) is 17.6. The van der Waals surface area contributed by atoms with E-state index in [-0.39, 0.29) is 0 Å². The Labute approximate surface area is 159 Å². The van der Waals surface area contributed by atoms with Crippen LogP contribution in [0.15, 0.2) is 61.1 Å². The Bertz CT molecular complexity index is 840. The number of rotatable bonds is 6. The van der Waals surface area contributed by atoms with Crippen molar-refractivity contribution in [2.45, 2.75) is 31.7 Å². The Hall–Kier alpha value is -2.86. The summed E-state index contributed by atoms with van der Waals surface area (Å²) in [4.78, 5) is 20.0. The molecule has 0 saturated carbocycles. The van der Waals surface area contributed by atoms with Gasteiger partial charge in [0.1, 0.15) is 0 Å². The topological polar surface area (TPSA) is 66.8 Å². The lowest BCUT2D eigenvalue weighted by atomic mass is 9.98. The Morgan fingerprint density at radius 1 is 0.889 bits per heavy atom. The van der Waals surface area contributed by atoms with Crippen LogP contribution in [0.3, 0.4) is 0 Å². The number of benzene rings is 1. The number of anilines is 2. The second-order valence-corrected chi connectivity index (χ2v) is 6.79. The molecular formula is C21H24N6. The van der Waals surface area contributed by atoms with Crippen LogP contribution in [0, 0.1) is 0 Å². The third kappa shape index (κ3) is 4.65.